The summed E-state index contributed by atoms with van der Waals surface area (Å²) in [6.07, 6.45) is 6.01. The summed E-state index contributed by atoms with van der Waals surface area (Å²) in [4.78, 5) is 46.3. The number of ether oxygens (including phenoxy) is 3. The Morgan fingerprint density at radius 2 is 1.70 bits per heavy atom. The van der Waals surface area contributed by atoms with E-state index in [1.54, 1.807) is 12.0 Å². The minimum Gasteiger partial charge on any atom is -0.493 e. The molecule has 0 unspecified atom stereocenters. The summed E-state index contributed by atoms with van der Waals surface area (Å²) >= 11 is 0. The number of piperidine rings is 1. The molecule has 1 saturated carbocycles. The number of rotatable bonds is 16. The molecule has 2 heterocycles. The van der Waals surface area contributed by atoms with Gasteiger partial charge in [-0.2, -0.15) is 0 Å². The van der Waals surface area contributed by atoms with Crippen LogP contribution < -0.4 is 10.1 Å². The number of carbonyl (C=O) groups is 3. The van der Waals surface area contributed by atoms with E-state index in [1.807, 2.05) is 18.7 Å². The molecular weight excluding hydrogens is 657 g/mol. The van der Waals surface area contributed by atoms with Crippen molar-refractivity contribution in [2.75, 3.05) is 40.5 Å². The van der Waals surface area contributed by atoms with Gasteiger partial charge in [0.05, 0.1) is 13.7 Å². The zero-order valence-electron chi connectivity index (χ0n) is 27.6. The Morgan fingerprint density at radius 3 is 2.32 bits per heavy atom. The van der Waals surface area contributed by atoms with Crippen molar-refractivity contribution in [1.29, 1.82) is 0 Å². The maximum Gasteiger partial charge on any atom is 0.305 e. The quantitative estimate of drug-likeness (QED) is 0.181. The monoisotopic (exact) mass is 704 g/mol. The second-order valence-electron chi connectivity index (χ2n) is 12.2. The van der Waals surface area contributed by atoms with Crippen molar-refractivity contribution >= 4 is 53.5 Å². The standard InChI is InChI=1S/C33H46F2N4O6.2ClH/c1-21(2)39(33(42)28-19-29(45-16-6-15-43-3)26-17-22(34)18-27(35)32(26)37-28)25-10-9-23(36-20-25)13-14-38(24-11-12-24)30(40)7-5-8-31(41)44-4;;/h17-19,21,23-25,36H,5-16,20H2,1-4H3;2*1H/t23-,25+;;/m0../s1. The van der Waals surface area contributed by atoms with E-state index in [0.717, 1.165) is 44.2 Å². The molecule has 14 heteroatoms. The van der Waals surface area contributed by atoms with E-state index in [9.17, 15) is 23.2 Å². The Kier molecular flexibility index (Phi) is 16.5. The smallest absolute Gasteiger partial charge is 0.305 e. The predicted molar refractivity (Wildman–Crippen MR) is 179 cm³/mol. The van der Waals surface area contributed by atoms with Crippen LogP contribution in [0.5, 0.6) is 5.75 Å². The molecule has 0 spiro atoms. The maximum atomic E-state index is 14.9. The van der Waals surface area contributed by atoms with Crippen LogP contribution in [0.3, 0.4) is 0 Å². The minimum atomic E-state index is -0.859. The third-order valence-electron chi connectivity index (χ3n) is 8.46. The molecule has 2 amide bonds. The number of amides is 2. The van der Waals surface area contributed by atoms with Crippen LogP contribution in [0.4, 0.5) is 8.78 Å². The van der Waals surface area contributed by atoms with Crippen LogP contribution in [0.1, 0.15) is 82.1 Å². The van der Waals surface area contributed by atoms with E-state index in [1.165, 1.54) is 13.2 Å². The van der Waals surface area contributed by atoms with Crippen LogP contribution in [-0.2, 0) is 19.1 Å². The number of aromatic nitrogens is 1. The Hall–Kier alpha value is -2.80. The van der Waals surface area contributed by atoms with Crippen LogP contribution in [-0.4, -0.2) is 97.3 Å². The molecule has 2 aliphatic rings. The van der Waals surface area contributed by atoms with Crippen molar-refractivity contribution in [2.45, 2.75) is 95.8 Å². The number of fused-ring (bicyclic) bond motifs is 1. The van der Waals surface area contributed by atoms with Gasteiger partial charge < -0.3 is 29.3 Å². The van der Waals surface area contributed by atoms with Gasteiger partial charge >= 0.3 is 5.97 Å². The topological polar surface area (TPSA) is 110 Å². The summed E-state index contributed by atoms with van der Waals surface area (Å²) < 4.78 is 44.6. The lowest BCUT2D eigenvalue weighted by molar-refractivity contribution is -0.141. The lowest BCUT2D eigenvalue weighted by Gasteiger charge is -2.40. The van der Waals surface area contributed by atoms with Gasteiger partial charge in [-0.25, -0.2) is 13.8 Å². The molecule has 1 aromatic heterocycles. The molecule has 2 atom stereocenters. The van der Waals surface area contributed by atoms with Crippen molar-refractivity contribution in [2.24, 2.45) is 0 Å². The van der Waals surface area contributed by atoms with Crippen LogP contribution in [0.15, 0.2) is 18.2 Å². The summed E-state index contributed by atoms with van der Waals surface area (Å²) in [7, 11) is 2.93. The average Bonchev–Trinajstić information content (AvgIpc) is 3.85. The Balaban J connectivity index is 0.00000384. The number of nitrogens with one attached hydrogen (secondary N) is 1. The molecule has 0 radical (unpaired) electrons. The number of pyridine rings is 1. The van der Waals surface area contributed by atoms with E-state index < -0.39 is 11.6 Å². The Labute approximate surface area is 288 Å². The van der Waals surface area contributed by atoms with Crippen molar-refractivity contribution in [1.82, 2.24) is 20.1 Å². The first-order valence-electron chi connectivity index (χ1n) is 16.0. The second-order valence-corrected chi connectivity index (χ2v) is 12.2. The third kappa shape index (κ3) is 11.1. The molecule has 1 aliphatic heterocycles. The largest absolute Gasteiger partial charge is 0.493 e. The lowest BCUT2D eigenvalue weighted by atomic mass is 9.96. The molecule has 1 saturated heterocycles. The molecule has 2 aromatic rings. The van der Waals surface area contributed by atoms with Crippen molar-refractivity contribution in [3.05, 3.63) is 35.5 Å². The number of hydrogen-bond acceptors (Lipinski definition) is 8. The van der Waals surface area contributed by atoms with E-state index in [-0.39, 0.29) is 102 Å². The number of methoxy groups -OCH3 is 2. The van der Waals surface area contributed by atoms with E-state index >= 15 is 0 Å². The Morgan fingerprint density at radius 1 is 0.979 bits per heavy atom. The molecule has 2 fully saturated rings. The molecule has 1 N–H and O–H groups in total. The molecule has 264 valence electrons. The summed E-state index contributed by atoms with van der Waals surface area (Å²) in [5.41, 5.74) is -0.0778. The highest BCUT2D eigenvalue weighted by molar-refractivity contribution is 5.97. The van der Waals surface area contributed by atoms with Crippen LogP contribution in [0.2, 0.25) is 0 Å². The molecular formula is C33H48Cl2F2N4O6. The van der Waals surface area contributed by atoms with Gasteiger partial charge in [-0.15, -0.1) is 24.8 Å². The van der Waals surface area contributed by atoms with E-state index in [2.05, 4.69) is 15.0 Å². The fourth-order valence-corrected chi connectivity index (χ4v) is 6.00. The summed E-state index contributed by atoms with van der Waals surface area (Å²) in [6, 6.07) is 3.60. The number of hydrogen-bond donors (Lipinski definition) is 1. The van der Waals surface area contributed by atoms with Gasteiger partial charge in [0.1, 0.15) is 22.8 Å². The fourth-order valence-electron chi connectivity index (χ4n) is 6.00. The van der Waals surface area contributed by atoms with Gasteiger partial charge in [0, 0.05) is 87.8 Å². The first-order chi connectivity index (χ1) is 21.6. The second kappa shape index (κ2) is 19.3. The van der Waals surface area contributed by atoms with E-state index in [0.29, 0.717) is 39.0 Å². The summed E-state index contributed by atoms with van der Waals surface area (Å²) in [5.74, 6) is -1.99. The number of halogens is 4. The zero-order valence-corrected chi connectivity index (χ0v) is 29.2. The predicted octanol–water partition coefficient (Wildman–Crippen LogP) is 5.47. The third-order valence-corrected chi connectivity index (χ3v) is 8.46. The first-order valence-corrected chi connectivity index (χ1v) is 16.0. The first kappa shape index (κ1) is 40.4. The molecule has 10 nitrogen and oxygen atoms in total. The van der Waals surface area contributed by atoms with E-state index in [4.69, 9.17) is 9.47 Å². The van der Waals surface area contributed by atoms with Gasteiger partial charge in [-0.1, -0.05) is 0 Å². The number of nitrogens with zero attached hydrogens (tertiary/aromatic N) is 3. The normalized spacial score (nSPS) is 17.4. The maximum absolute atomic E-state index is 14.9. The average molecular weight is 706 g/mol. The highest BCUT2D eigenvalue weighted by Gasteiger charge is 2.35. The molecule has 1 aliphatic carbocycles. The van der Waals surface area contributed by atoms with Crippen LogP contribution in [0.25, 0.3) is 10.9 Å². The molecule has 47 heavy (non-hydrogen) atoms. The Bertz CT molecular complexity index is 1340. The van der Waals surface area contributed by atoms with Gasteiger partial charge in [0.25, 0.3) is 5.91 Å². The number of esters is 1. The van der Waals surface area contributed by atoms with Crippen LogP contribution >= 0.6 is 24.8 Å². The van der Waals surface area contributed by atoms with Crippen LogP contribution in [0, 0.1) is 11.6 Å². The van der Waals surface area contributed by atoms with Crippen molar-refractivity contribution < 1.29 is 37.4 Å². The molecule has 1 aromatic carbocycles. The van der Waals surface area contributed by atoms with Gasteiger partial charge in [0.15, 0.2) is 5.82 Å². The fraction of sp³-hybridized carbons (Fsp3) is 0.636. The highest BCUT2D eigenvalue weighted by atomic mass is 35.5. The van der Waals surface area contributed by atoms with Crippen molar-refractivity contribution in [3.8, 4) is 5.75 Å². The van der Waals surface area contributed by atoms with Gasteiger partial charge in [-0.05, 0) is 58.4 Å². The molecule has 0 bridgehead atoms. The lowest BCUT2D eigenvalue weighted by Crippen LogP contribution is -2.54. The van der Waals surface area contributed by atoms with Crippen molar-refractivity contribution in [3.63, 3.8) is 0 Å². The number of benzene rings is 1. The molecule has 4 rings (SSSR count). The minimum absolute atomic E-state index is 0. The van der Waals surface area contributed by atoms with Gasteiger partial charge in [-0.3, -0.25) is 14.4 Å². The summed E-state index contributed by atoms with van der Waals surface area (Å²) in [5, 5.41) is 3.74. The van der Waals surface area contributed by atoms with Gasteiger partial charge in [0.2, 0.25) is 5.91 Å². The highest BCUT2D eigenvalue weighted by Crippen LogP contribution is 2.31. The summed E-state index contributed by atoms with van der Waals surface area (Å²) in [6.45, 7) is 5.79. The zero-order chi connectivity index (χ0) is 32.5. The SMILES string of the molecule is COCCCOc1cc(C(=O)N(C(C)C)[C@@H]2CC[C@@H](CCN(C(=O)CCCC(=O)OC)C3CC3)NC2)nc2c(F)cc(F)cc12.Cl.Cl. The number of carbonyl (C=O) groups excluding carboxylic acids is 3.